The van der Waals surface area contributed by atoms with E-state index in [1.54, 1.807) is 20.8 Å². The van der Waals surface area contributed by atoms with Gasteiger partial charge in [-0.15, -0.1) is 0 Å². The van der Waals surface area contributed by atoms with E-state index in [0.717, 1.165) is 19.4 Å². The highest BCUT2D eigenvalue weighted by Crippen LogP contribution is 2.06. The lowest BCUT2D eigenvalue weighted by molar-refractivity contribution is -0.139. The van der Waals surface area contributed by atoms with Crippen LogP contribution in [0.2, 0.25) is 0 Å². The van der Waals surface area contributed by atoms with Gasteiger partial charge in [0.05, 0.1) is 0 Å². The lowest BCUT2D eigenvalue weighted by Crippen LogP contribution is -2.35. The Morgan fingerprint density at radius 2 is 1.90 bits per heavy atom. The average Bonchev–Trinajstić information content (AvgIpc) is 2.78. The lowest BCUT2D eigenvalue weighted by Gasteiger charge is -2.19. The topological polar surface area (TPSA) is 125 Å². The first-order valence-corrected chi connectivity index (χ1v) is 6.26. The first kappa shape index (κ1) is 18.2. The van der Waals surface area contributed by atoms with Gasteiger partial charge in [-0.2, -0.15) is 0 Å². The van der Waals surface area contributed by atoms with Crippen LogP contribution < -0.4 is 10.6 Å². The highest BCUT2D eigenvalue weighted by Gasteiger charge is 2.20. The number of alkyl carbamates (subject to hydrolysis) is 1. The number of hydrogen-bond acceptors (Lipinski definition) is 5. The van der Waals surface area contributed by atoms with E-state index in [0.29, 0.717) is 0 Å². The number of hydrogen-bond donors (Lipinski definition) is 4. The van der Waals surface area contributed by atoms with E-state index in [-0.39, 0.29) is 6.04 Å². The molecule has 116 valence electrons. The molecule has 1 amide bonds. The van der Waals surface area contributed by atoms with Crippen molar-refractivity contribution in [2.75, 3.05) is 13.1 Å². The maximum absolute atomic E-state index is 10.8. The zero-order chi connectivity index (χ0) is 15.8. The Morgan fingerprint density at radius 3 is 2.20 bits per heavy atom. The minimum Gasteiger partial charge on any atom is -0.480 e. The quantitative estimate of drug-likeness (QED) is 0.593. The molecule has 0 unspecified atom stereocenters. The second kappa shape index (κ2) is 8.36. The number of amides is 1. The molecule has 0 radical (unpaired) electrons. The standard InChI is InChI=1S/C7H13NO4.C5H9NO2/c1-7(2,3)12-6(11)8-4-5(9)10;7-5(8)4-2-1-3-6-4/h4H2,1-3H3,(H,8,11)(H,9,10);4,6H,1-3H2,(H,7,8)/t;4-/m.0/s1. The smallest absolute Gasteiger partial charge is 0.408 e. The molecule has 1 heterocycles. The van der Waals surface area contributed by atoms with Gasteiger partial charge in [0, 0.05) is 0 Å². The second-order valence-electron chi connectivity index (χ2n) is 5.24. The van der Waals surface area contributed by atoms with Crippen molar-refractivity contribution in [3.05, 3.63) is 0 Å². The van der Waals surface area contributed by atoms with Crippen LogP contribution in [0, 0.1) is 0 Å². The molecule has 8 heteroatoms. The summed E-state index contributed by atoms with van der Waals surface area (Å²) in [6.07, 6.45) is 1.07. The van der Waals surface area contributed by atoms with E-state index in [1.165, 1.54) is 0 Å². The normalized spacial score (nSPS) is 17.6. The summed E-state index contributed by atoms with van der Waals surface area (Å²) in [6, 6.07) is -0.269. The molecule has 1 aliphatic heterocycles. The summed E-state index contributed by atoms with van der Waals surface area (Å²) >= 11 is 0. The van der Waals surface area contributed by atoms with E-state index in [9.17, 15) is 14.4 Å². The molecule has 8 nitrogen and oxygen atoms in total. The minimum absolute atomic E-state index is 0.269. The Balaban J connectivity index is 0.000000388. The third-order valence-corrected chi connectivity index (χ3v) is 2.14. The monoisotopic (exact) mass is 290 g/mol. The lowest BCUT2D eigenvalue weighted by atomic mass is 10.2. The van der Waals surface area contributed by atoms with E-state index >= 15 is 0 Å². The summed E-state index contributed by atoms with van der Waals surface area (Å²) in [5, 5.41) is 21.5. The summed E-state index contributed by atoms with van der Waals surface area (Å²) in [5.41, 5.74) is -0.595. The number of carboxylic acid groups (broad SMARTS) is 2. The first-order valence-electron chi connectivity index (χ1n) is 6.26. The summed E-state index contributed by atoms with van der Waals surface area (Å²) in [7, 11) is 0. The second-order valence-corrected chi connectivity index (χ2v) is 5.24. The molecular weight excluding hydrogens is 268 g/mol. The predicted molar refractivity (Wildman–Crippen MR) is 70.5 cm³/mol. The van der Waals surface area contributed by atoms with E-state index < -0.39 is 30.2 Å². The molecule has 20 heavy (non-hydrogen) atoms. The Bertz CT molecular complexity index is 344. The van der Waals surface area contributed by atoms with Gasteiger partial charge in [-0.1, -0.05) is 0 Å². The zero-order valence-electron chi connectivity index (χ0n) is 11.9. The van der Waals surface area contributed by atoms with Gasteiger partial charge in [0.15, 0.2) is 0 Å². The van der Waals surface area contributed by atoms with Gasteiger partial charge < -0.3 is 25.6 Å². The summed E-state index contributed by atoms with van der Waals surface area (Å²) < 4.78 is 4.77. The van der Waals surface area contributed by atoms with Gasteiger partial charge in [-0.25, -0.2) is 4.79 Å². The number of carbonyl (C=O) groups is 3. The fourth-order valence-corrected chi connectivity index (χ4v) is 1.36. The van der Waals surface area contributed by atoms with Crippen LogP contribution >= 0.6 is 0 Å². The maximum Gasteiger partial charge on any atom is 0.408 e. The van der Waals surface area contributed by atoms with Gasteiger partial charge in [-0.05, 0) is 40.2 Å². The molecular formula is C12H22N2O6. The highest BCUT2D eigenvalue weighted by atomic mass is 16.6. The van der Waals surface area contributed by atoms with Crippen LogP contribution in [-0.2, 0) is 14.3 Å². The highest BCUT2D eigenvalue weighted by molar-refractivity contribution is 5.76. The van der Waals surface area contributed by atoms with Gasteiger partial charge in [0.1, 0.15) is 18.2 Å². The molecule has 0 spiro atoms. The Morgan fingerprint density at radius 1 is 1.30 bits per heavy atom. The van der Waals surface area contributed by atoms with Gasteiger partial charge in [0.25, 0.3) is 0 Å². The molecule has 4 N–H and O–H groups in total. The maximum atomic E-state index is 10.8. The number of ether oxygens (including phenoxy) is 1. The van der Waals surface area contributed by atoms with Crippen molar-refractivity contribution in [1.82, 2.24) is 10.6 Å². The fraction of sp³-hybridized carbons (Fsp3) is 0.750. The molecule has 0 aromatic rings. The van der Waals surface area contributed by atoms with Crippen molar-refractivity contribution in [1.29, 1.82) is 0 Å². The van der Waals surface area contributed by atoms with Gasteiger partial charge >= 0.3 is 18.0 Å². The molecule has 0 aliphatic carbocycles. The molecule has 0 aromatic carbocycles. The molecule has 0 aromatic heterocycles. The zero-order valence-corrected chi connectivity index (χ0v) is 11.9. The van der Waals surface area contributed by atoms with Crippen LogP contribution in [0.15, 0.2) is 0 Å². The SMILES string of the molecule is CC(C)(C)OC(=O)NCC(=O)O.O=C(O)[C@@H]1CCCN1. The van der Waals surface area contributed by atoms with Crippen LogP contribution in [0.25, 0.3) is 0 Å². The molecule has 1 fully saturated rings. The molecule has 1 rings (SSSR count). The number of nitrogens with one attached hydrogen (secondary N) is 2. The third kappa shape index (κ3) is 10.1. The largest absolute Gasteiger partial charge is 0.480 e. The number of carbonyl (C=O) groups excluding carboxylic acids is 1. The minimum atomic E-state index is -1.10. The first-order chi connectivity index (χ1) is 9.11. The van der Waals surface area contributed by atoms with Gasteiger partial charge in [-0.3, -0.25) is 9.59 Å². The predicted octanol–water partition coefficient (Wildman–Crippen LogP) is 0.419. The van der Waals surface area contributed by atoms with Crippen molar-refractivity contribution in [2.24, 2.45) is 0 Å². The number of aliphatic carboxylic acids is 2. The van der Waals surface area contributed by atoms with Crippen molar-refractivity contribution in [3.8, 4) is 0 Å². The van der Waals surface area contributed by atoms with Crippen molar-refractivity contribution in [3.63, 3.8) is 0 Å². The van der Waals surface area contributed by atoms with Crippen LogP contribution in [0.4, 0.5) is 4.79 Å². The van der Waals surface area contributed by atoms with Crippen LogP contribution in [-0.4, -0.2) is 53.0 Å². The molecule has 1 saturated heterocycles. The Kier molecular flexibility index (Phi) is 7.60. The van der Waals surface area contributed by atoms with Crippen molar-refractivity contribution < 1.29 is 29.3 Å². The number of rotatable bonds is 3. The van der Waals surface area contributed by atoms with E-state index in [1.807, 2.05) is 0 Å². The third-order valence-electron chi connectivity index (χ3n) is 2.14. The van der Waals surface area contributed by atoms with Gasteiger partial charge in [0.2, 0.25) is 0 Å². The Hall–Kier alpha value is -1.83. The molecule has 1 atom stereocenters. The van der Waals surface area contributed by atoms with Crippen LogP contribution in [0.1, 0.15) is 33.6 Å². The summed E-state index contributed by atoms with van der Waals surface area (Å²) in [4.78, 5) is 30.9. The van der Waals surface area contributed by atoms with Crippen molar-refractivity contribution in [2.45, 2.75) is 45.3 Å². The Labute approximate surface area is 117 Å². The van der Waals surface area contributed by atoms with E-state index in [2.05, 4.69) is 10.6 Å². The summed E-state index contributed by atoms with van der Waals surface area (Å²) in [5.74, 6) is -1.82. The molecule has 1 aliphatic rings. The molecule has 0 bridgehead atoms. The average molecular weight is 290 g/mol. The van der Waals surface area contributed by atoms with Crippen molar-refractivity contribution >= 4 is 18.0 Å². The summed E-state index contributed by atoms with van der Waals surface area (Å²) in [6.45, 7) is 5.54. The molecule has 0 saturated carbocycles. The van der Waals surface area contributed by atoms with Crippen LogP contribution in [0.3, 0.4) is 0 Å². The van der Waals surface area contributed by atoms with Crippen LogP contribution in [0.5, 0.6) is 0 Å². The van der Waals surface area contributed by atoms with E-state index in [4.69, 9.17) is 14.9 Å². The number of carboxylic acids is 2. The fourth-order valence-electron chi connectivity index (χ4n) is 1.36.